The first-order valence-corrected chi connectivity index (χ1v) is 8.74. The molecule has 1 atom stereocenters. The summed E-state index contributed by atoms with van der Waals surface area (Å²) in [6, 6.07) is 5.52. The summed E-state index contributed by atoms with van der Waals surface area (Å²) in [6.07, 6.45) is 3.00. The van der Waals surface area contributed by atoms with E-state index in [1.54, 1.807) is 4.90 Å². The minimum atomic E-state index is -0.500. The number of fused-ring (bicyclic) bond motifs is 1. The number of rotatable bonds is 3. The van der Waals surface area contributed by atoms with E-state index in [0.29, 0.717) is 24.1 Å². The van der Waals surface area contributed by atoms with Gasteiger partial charge in [0.05, 0.1) is 11.6 Å². The van der Waals surface area contributed by atoms with Crippen LogP contribution in [0.5, 0.6) is 5.75 Å². The Labute approximate surface area is 152 Å². The number of benzene rings is 1. The summed E-state index contributed by atoms with van der Waals surface area (Å²) >= 11 is 6.11. The zero-order valence-electron chi connectivity index (χ0n) is 14.7. The van der Waals surface area contributed by atoms with Gasteiger partial charge in [-0.05, 0) is 51.8 Å². The van der Waals surface area contributed by atoms with Crippen LogP contribution < -0.4 is 4.74 Å². The molecular formula is C18H22ClN3O3. The van der Waals surface area contributed by atoms with Crippen molar-refractivity contribution >= 4 is 28.6 Å². The second-order valence-electron chi connectivity index (χ2n) is 7.12. The molecule has 0 N–H and O–H groups in total. The Morgan fingerprint density at radius 2 is 2.16 bits per heavy atom. The lowest BCUT2D eigenvalue weighted by atomic mass is 10.2. The molecule has 1 aliphatic rings. The highest BCUT2D eigenvalue weighted by molar-refractivity contribution is 6.34. The molecule has 0 aliphatic carbocycles. The van der Waals surface area contributed by atoms with Crippen molar-refractivity contribution < 1.29 is 14.3 Å². The molecule has 134 valence electrons. The van der Waals surface area contributed by atoms with Crippen molar-refractivity contribution in [1.82, 2.24) is 14.9 Å². The number of ether oxygens (including phenoxy) is 2. The first-order chi connectivity index (χ1) is 11.8. The Morgan fingerprint density at radius 3 is 2.92 bits per heavy atom. The van der Waals surface area contributed by atoms with Crippen LogP contribution in [0.4, 0.5) is 4.79 Å². The van der Waals surface area contributed by atoms with Crippen molar-refractivity contribution in [1.29, 1.82) is 0 Å². The van der Waals surface area contributed by atoms with Crippen LogP contribution in [0.15, 0.2) is 24.5 Å². The lowest BCUT2D eigenvalue weighted by molar-refractivity contribution is 0.0187. The van der Waals surface area contributed by atoms with E-state index in [0.717, 1.165) is 23.7 Å². The third-order valence-corrected chi connectivity index (χ3v) is 4.31. The zero-order chi connectivity index (χ0) is 18.0. The maximum Gasteiger partial charge on any atom is 0.410 e. The molecule has 2 heterocycles. The summed E-state index contributed by atoms with van der Waals surface area (Å²) in [5.41, 5.74) is 0.267. The number of hydrogen-bond acceptors (Lipinski definition) is 5. The second-order valence-corrected chi connectivity index (χ2v) is 7.48. The van der Waals surface area contributed by atoms with Gasteiger partial charge in [0.1, 0.15) is 29.4 Å². The normalized spacial score (nSPS) is 17.8. The SMILES string of the molecule is CC(C)(C)OC(=O)N1CCC[C@H]1COc1ccc2ncnc(Cl)c2c1. The Morgan fingerprint density at radius 1 is 1.36 bits per heavy atom. The number of carbonyl (C=O) groups excluding carboxylic acids is 1. The molecule has 1 amide bonds. The Hall–Kier alpha value is -2.08. The number of aromatic nitrogens is 2. The van der Waals surface area contributed by atoms with Gasteiger partial charge in [-0.15, -0.1) is 0 Å². The van der Waals surface area contributed by atoms with Gasteiger partial charge in [0.2, 0.25) is 0 Å². The van der Waals surface area contributed by atoms with Gasteiger partial charge in [-0.25, -0.2) is 14.8 Å². The highest BCUT2D eigenvalue weighted by Crippen LogP contribution is 2.26. The molecule has 1 aliphatic heterocycles. The van der Waals surface area contributed by atoms with Crippen molar-refractivity contribution in [2.75, 3.05) is 13.2 Å². The van der Waals surface area contributed by atoms with Crippen LogP contribution >= 0.6 is 11.6 Å². The molecule has 0 saturated carbocycles. The number of likely N-dealkylation sites (tertiary alicyclic amines) is 1. The number of halogens is 1. The fourth-order valence-electron chi connectivity index (χ4n) is 2.86. The average molecular weight is 364 g/mol. The number of amides is 1. The molecular weight excluding hydrogens is 342 g/mol. The van der Waals surface area contributed by atoms with Gasteiger partial charge in [0.25, 0.3) is 0 Å². The molecule has 25 heavy (non-hydrogen) atoms. The van der Waals surface area contributed by atoms with Crippen molar-refractivity contribution in [3.05, 3.63) is 29.7 Å². The van der Waals surface area contributed by atoms with Gasteiger partial charge in [-0.1, -0.05) is 11.6 Å². The van der Waals surface area contributed by atoms with E-state index in [2.05, 4.69) is 9.97 Å². The van der Waals surface area contributed by atoms with E-state index in [4.69, 9.17) is 21.1 Å². The predicted molar refractivity (Wildman–Crippen MR) is 96.0 cm³/mol. The Balaban J connectivity index is 1.66. The second kappa shape index (κ2) is 7.04. The quantitative estimate of drug-likeness (QED) is 0.769. The van der Waals surface area contributed by atoms with Crippen molar-refractivity contribution in [3.63, 3.8) is 0 Å². The van der Waals surface area contributed by atoms with Crippen LogP contribution in [0, 0.1) is 0 Å². The van der Waals surface area contributed by atoms with Crippen molar-refractivity contribution in [2.24, 2.45) is 0 Å². The van der Waals surface area contributed by atoms with E-state index in [1.807, 2.05) is 39.0 Å². The Bertz CT molecular complexity index is 776. The van der Waals surface area contributed by atoms with Gasteiger partial charge in [-0.3, -0.25) is 0 Å². The highest BCUT2D eigenvalue weighted by Gasteiger charge is 2.32. The van der Waals surface area contributed by atoms with E-state index >= 15 is 0 Å². The van der Waals surface area contributed by atoms with Crippen molar-refractivity contribution in [2.45, 2.75) is 45.3 Å². The van der Waals surface area contributed by atoms with Gasteiger partial charge >= 0.3 is 6.09 Å². The molecule has 7 heteroatoms. The minimum Gasteiger partial charge on any atom is -0.491 e. The Kier molecular flexibility index (Phi) is 4.99. The zero-order valence-corrected chi connectivity index (χ0v) is 15.4. The monoisotopic (exact) mass is 363 g/mol. The van der Waals surface area contributed by atoms with Crippen LogP contribution in [0.3, 0.4) is 0 Å². The third kappa shape index (κ3) is 4.31. The molecule has 1 aromatic carbocycles. The van der Waals surface area contributed by atoms with Gasteiger partial charge in [0, 0.05) is 11.9 Å². The summed E-state index contributed by atoms with van der Waals surface area (Å²) in [7, 11) is 0. The summed E-state index contributed by atoms with van der Waals surface area (Å²) in [5, 5.41) is 1.14. The first-order valence-electron chi connectivity index (χ1n) is 8.36. The minimum absolute atomic E-state index is 0.00745. The lowest BCUT2D eigenvalue weighted by Gasteiger charge is -2.28. The van der Waals surface area contributed by atoms with Gasteiger partial charge in [0.15, 0.2) is 0 Å². The van der Waals surface area contributed by atoms with Crippen LogP contribution in [-0.2, 0) is 4.74 Å². The largest absolute Gasteiger partial charge is 0.491 e. The average Bonchev–Trinajstić information content (AvgIpc) is 3.00. The van der Waals surface area contributed by atoms with Crippen LogP contribution in [0.1, 0.15) is 33.6 Å². The maximum absolute atomic E-state index is 12.3. The van der Waals surface area contributed by atoms with E-state index in [9.17, 15) is 4.79 Å². The van der Waals surface area contributed by atoms with Crippen LogP contribution in [0.2, 0.25) is 5.15 Å². The summed E-state index contributed by atoms with van der Waals surface area (Å²) in [5.74, 6) is 0.681. The number of carbonyl (C=O) groups is 1. The molecule has 0 unspecified atom stereocenters. The molecule has 6 nitrogen and oxygen atoms in total. The molecule has 2 aromatic rings. The fraction of sp³-hybridized carbons (Fsp3) is 0.500. The third-order valence-electron chi connectivity index (χ3n) is 4.01. The standard InChI is InChI=1S/C18H22ClN3O3/c1-18(2,3)25-17(23)22-8-4-5-12(22)10-24-13-6-7-15-14(9-13)16(19)21-11-20-15/h6-7,9,11-12H,4-5,8,10H2,1-3H3/t12-/m0/s1. The van der Waals surface area contributed by atoms with Gasteiger partial charge in [-0.2, -0.15) is 0 Å². The molecule has 0 spiro atoms. The van der Waals surface area contributed by atoms with Crippen LogP contribution in [0.25, 0.3) is 10.9 Å². The molecule has 3 rings (SSSR count). The predicted octanol–water partition coefficient (Wildman–Crippen LogP) is 4.06. The molecule has 0 radical (unpaired) electrons. The molecule has 0 bridgehead atoms. The fourth-order valence-corrected chi connectivity index (χ4v) is 3.05. The van der Waals surface area contributed by atoms with Gasteiger partial charge < -0.3 is 14.4 Å². The highest BCUT2D eigenvalue weighted by atomic mass is 35.5. The number of hydrogen-bond donors (Lipinski definition) is 0. The topological polar surface area (TPSA) is 64.5 Å². The van der Waals surface area contributed by atoms with Crippen molar-refractivity contribution in [3.8, 4) is 5.75 Å². The summed E-state index contributed by atoms with van der Waals surface area (Å²) in [4.78, 5) is 22.2. The van der Waals surface area contributed by atoms with E-state index in [1.165, 1.54) is 6.33 Å². The summed E-state index contributed by atoms with van der Waals surface area (Å²) < 4.78 is 11.4. The van der Waals surface area contributed by atoms with E-state index < -0.39 is 5.60 Å². The lowest BCUT2D eigenvalue weighted by Crippen LogP contribution is -2.42. The molecule has 1 saturated heterocycles. The molecule has 1 fully saturated rings. The van der Waals surface area contributed by atoms with Crippen LogP contribution in [-0.4, -0.2) is 45.8 Å². The smallest absolute Gasteiger partial charge is 0.410 e. The van der Waals surface area contributed by atoms with E-state index in [-0.39, 0.29) is 12.1 Å². The maximum atomic E-state index is 12.3. The first kappa shape index (κ1) is 17.7. The number of nitrogens with zero attached hydrogens (tertiary/aromatic N) is 3. The molecule has 1 aromatic heterocycles. The summed E-state index contributed by atoms with van der Waals surface area (Å²) in [6.45, 7) is 6.71.